The molecule has 0 aliphatic heterocycles. The van der Waals surface area contributed by atoms with E-state index in [4.69, 9.17) is 0 Å². The van der Waals surface area contributed by atoms with Crippen LogP contribution in [-0.2, 0) is 10.0 Å². The lowest BCUT2D eigenvalue weighted by Crippen LogP contribution is -2.16. The first-order valence-electron chi connectivity index (χ1n) is 9.39. The maximum atomic E-state index is 12.7. The molecule has 2 aromatic carbocycles. The minimum Gasteiger partial charge on any atom is -0.322 e. The number of carbonyl (C=O) groups is 1. The van der Waals surface area contributed by atoms with Crippen LogP contribution in [0.3, 0.4) is 0 Å². The molecule has 1 heterocycles. The van der Waals surface area contributed by atoms with Gasteiger partial charge in [-0.15, -0.1) is 0 Å². The van der Waals surface area contributed by atoms with E-state index in [1.165, 1.54) is 12.1 Å². The van der Waals surface area contributed by atoms with Gasteiger partial charge in [-0.3, -0.25) is 9.52 Å². The van der Waals surface area contributed by atoms with E-state index in [0.717, 1.165) is 16.7 Å². The minimum absolute atomic E-state index is 0.0668. The highest BCUT2D eigenvalue weighted by Gasteiger charge is 2.17. The summed E-state index contributed by atoms with van der Waals surface area (Å²) in [5.41, 5.74) is 4.67. The molecule has 0 atom stereocenters. The van der Waals surface area contributed by atoms with Gasteiger partial charge < -0.3 is 5.32 Å². The van der Waals surface area contributed by atoms with Crippen LogP contribution in [-0.4, -0.2) is 24.3 Å². The Morgan fingerprint density at radius 1 is 0.867 bits per heavy atom. The van der Waals surface area contributed by atoms with E-state index < -0.39 is 10.0 Å². The highest BCUT2D eigenvalue weighted by Crippen LogP contribution is 2.21. The third-order valence-electron chi connectivity index (χ3n) is 4.53. The summed E-state index contributed by atoms with van der Waals surface area (Å²) in [5, 5.41) is 2.83. The second-order valence-corrected chi connectivity index (χ2v) is 8.98. The summed E-state index contributed by atoms with van der Waals surface area (Å²) >= 11 is 0. The topological polar surface area (TPSA) is 101 Å². The molecule has 3 rings (SSSR count). The van der Waals surface area contributed by atoms with Crippen molar-refractivity contribution in [3.05, 3.63) is 76.2 Å². The standard InChI is InChI=1S/C22H24N4O3S/c1-13-10-14(2)21(15(3)11-13)22(27)25-18-6-8-19(9-7-18)30(28,29)26-20-12-16(4)23-17(5)24-20/h6-12H,1-5H3,(H,25,27)(H,23,24,26). The van der Waals surface area contributed by atoms with Gasteiger partial charge in [-0.05, 0) is 70.0 Å². The molecule has 0 aliphatic carbocycles. The molecule has 0 bridgehead atoms. The van der Waals surface area contributed by atoms with Crippen LogP contribution < -0.4 is 10.0 Å². The number of aryl methyl sites for hydroxylation is 5. The molecule has 0 aliphatic rings. The molecule has 7 nitrogen and oxygen atoms in total. The van der Waals surface area contributed by atoms with Gasteiger partial charge in [0.2, 0.25) is 0 Å². The summed E-state index contributed by atoms with van der Waals surface area (Å²) in [6.07, 6.45) is 0. The van der Waals surface area contributed by atoms with Crippen molar-refractivity contribution in [3.63, 3.8) is 0 Å². The molecule has 0 saturated carbocycles. The van der Waals surface area contributed by atoms with Crippen molar-refractivity contribution >= 4 is 27.4 Å². The van der Waals surface area contributed by atoms with Crippen LogP contribution in [0.5, 0.6) is 0 Å². The fraction of sp³-hybridized carbons (Fsp3) is 0.227. The molecule has 2 N–H and O–H groups in total. The maximum Gasteiger partial charge on any atom is 0.263 e. The summed E-state index contributed by atoms with van der Waals surface area (Å²) in [6, 6.07) is 11.5. The van der Waals surface area contributed by atoms with Gasteiger partial charge in [-0.25, -0.2) is 18.4 Å². The third-order valence-corrected chi connectivity index (χ3v) is 5.90. The smallest absolute Gasteiger partial charge is 0.263 e. The van der Waals surface area contributed by atoms with Gasteiger partial charge >= 0.3 is 0 Å². The number of sulfonamides is 1. The predicted molar refractivity (Wildman–Crippen MR) is 117 cm³/mol. The predicted octanol–water partition coefficient (Wildman–Crippen LogP) is 4.07. The number of amides is 1. The van der Waals surface area contributed by atoms with Gasteiger partial charge in [0.25, 0.3) is 15.9 Å². The van der Waals surface area contributed by atoms with Crippen LogP contribution in [0.4, 0.5) is 11.5 Å². The molecule has 0 radical (unpaired) electrons. The number of benzene rings is 2. The van der Waals surface area contributed by atoms with Crippen LogP contribution in [0.1, 0.15) is 38.6 Å². The Bertz CT molecular complexity index is 1180. The highest BCUT2D eigenvalue weighted by atomic mass is 32.2. The summed E-state index contributed by atoms with van der Waals surface area (Å²) in [6.45, 7) is 9.24. The molecule has 0 saturated heterocycles. The van der Waals surface area contributed by atoms with Crippen LogP contribution in [0.2, 0.25) is 0 Å². The average molecular weight is 425 g/mol. The molecule has 0 spiro atoms. The normalized spacial score (nSPS) is 11.2. The van der Waals surface area contributed by atoms with E-state index in [1.807, 2.05) is 32.9 Å². The van der Waals surface area contributed by atoms with E-state index >= 15 is 0 Å². The van der Waals surface area contributed by atoms with Crippen molar-refractivity contribution in [2.24, 2.45) is 0 Å². The molecule has 30 heavy (non-hydrogen) atoms. The fourth-order valence-corrected chi connectivity index (χ4v) is 4.41. The maximum absolute atomic E-state index is 12.7. The molecule has 156 valence electrons. The minimum atomic E-state index is -3.82. The fourth-order valence-electron chi connectivity index (χ4n) is 3.42. The Morgan fingerprint density at radius 3 is 2.03 bits per heavy atom. The molecule has 8 heteroatoms. The van der Waals surface area contributed by atoms with Crippen molar-refractivity contribution < 1.29 is 13.2 Å². The van der Waals surface area contributed by atoms with Gasteiger partial charge in [0, 0.05) is 23.0 Å². The van der Waals surface area contributed by atoms with Gasteiger partial charge in [-0.2, -0.15) is 0 Å². The number of hydrogen-bond acceptors (Lipinski definition) is 5. The Labute approximate surface area is 176 Å². The van der Waals surface area contributed by atoms with Crippen molar-refractivity contribution in [2.45, 2.75) is 39.5 Å². The number of aromatic nitrogens is 2. The molecule has 0 unspecified atom stereocenters. The molecular weight excluding hydrogens is 400 g/mol. The number of nitrogens with zero attached hydrogens (tertiary/aromatic N) is 2. The summed E-state index contributed by atoms with van der Waals surface area (Å²) < 4.78 is 27.7. The van der Waals surface area contributed by atoms with Crippen LogP contribution >= 0.6 is 0 Å². The van der Waals surface area contributed by atoms with Gasteiger partial charge in [0.05, 0.1) is 4.90 Å². The summed E-state index contributed by atoms with van der Waals surface area (Å²) in [4.78, 5) is 21.0. The first-order valence-corrected chi connectivity index (χ1v) is 10.9. The molecular formula is C22H24N4O3S. The largest absolute Gasteiger partial charge is 0.322 e. The second kappa shape index (κ2) is 8.23. The third kappa shape index (κ3) is 4.83. The van der Waals surface area contributed by atoms with Crippen LogP contribution in [0.25, 0.3) is 0 Å². The molecule has 0 fully saturated rings. The Morgan fingerprint density at radius 2 is 1.47 bits per heavy atom. The Hall–Kier alpha value is -3.26. The number of carbonyl (C=O) groups excluding carboxylic acids is 1. The molecule has 1 aromatic heterocycles. The van der Waals surface area contributed by atoms with E-state index in [2.05, 4.69) is 20.0 Å². The Kier molecular flexibility index (Phi) is 5.89. The lowest BCUT2D eigenvalue weighted by atomic mass is 9.99. The second-order valence-electron chi connectivity index (χ2n) is 7.30. The van der Waals surface area contributed by atoms with Crippen molar-refractivity contribution in [1.82, 2.24) is 9.97 Å². The van der Waals surface area contributed by atoms with E-state index in [9.17, 15) is 13.2 Å². The van der Waals surface area contributed by atoms with Crippen LogP contribution in [0.15, 0.2) is 47.4 Å². The average Bonchev–Trinajstić information content (AvgIpc) is 2.59. The monoisotopic (exact) mass is 424 g/mol. The van der Waals surface area contributed by atoms with E-state index in [0.29, 0.717) is 22.8 Å². The quantitative estimate of drug-likeness (QED) is 0.643. The molecule has 3 aromatic rings. The van der Waals surface area contributed by atoms with Gasteiger partial charge in [-0.1, -0.05) is 17.7 Å². The summed E-state index contributed by atoms with van der Waals surface area (Å²) in [7, 11) is -3.82. The number of nitrogens with one attached hydrogen (secondary N) is 2. The van der Waals surface area contributed by atoms with E-state index in [-0.39, 0.29) is 16.6 Å². The first-order chi connectivity index (χ1) is 14.0. The lowest BCUT2D eigenvalue weighted by Gasteiger charge is -2.12. The Balaban J connectivity index is 1.78. The highest BCUT2D eigenvalue weighted by molar-refractivity contribution is 7.92. The van der Waals surface area contributed by atoms with Crippen LogP contribution in [0, 0.1) is 34.6 Å². The zero-order valence-corrected chi connectivity index (χ0v) is 18.4. The SMILES string of the molecule is Cc1cc(C)c(C(=O)Nc2ccc(S(=O)(=O)Nc3cc(C)nc(C)n3)cc2)c(C)c1. The first kappa shape index (κ1) is 21.4. The number of hydrogen-bond donors (Lipinski definition) is 2. The zero-order chi connectivity index (χ0) is 22.1. The number of anilines is 2. The lowest BCUT2D eigenvalue weighted by molar-refractivity contribution is 0.102. The van der Waals surface area contributed by atoms with Crippen molar-refractivity contribution in [1.29, 1.82) is 0 Å². The number of rotatable bonds is 5. The zero-order valence-electron chi connectivity index (χ0n) is 17.6. The van der Waals surface area contributed by atoms with Crippen molar-refractivity contribution in [2.75, 3.05) is 10.0 Å². The molecule has 1 amide bonds. The summed E-state index contributed by atoms with van der Waals surface area (Å²) in [5.74, 6) is 0.459. The van der Waals surface area contributed by atoms with E-state index in [1.54, 1.807) is 32.0 Å². The van der Waals surface area contributed by atoms with Gasteiger partial charge in [0.15, 0.2) is 0 Å². The van der Waals surface area contributed by atoms with Crippen molar-refractivity contribution in [3.8, 4) is 0 Å². The van der Waals surface area contributed by atoms with Gasteiger partial charge in [0.1, 0.15) is 11.6 Å².